The molecule has 0 saturated heterocycles. The minimum absolute atomic E-state index is 0.206. The predicted octanol–water partition coefficient (Wildman–Crippen LogP) is 3.67. The number of benzene rings is 2. The summed E-state index contributed by atoms with van der Waals surface area (Å²) in [7, 11) is 0. The molecule has 0 aliphatic carbocycles. The summed E-state index contributed by atoms with van der Waals surface area (Å²) >= 11 is 0. The highest BCUT2D eigenvalue weighted by Crippen LogP contribution is 2.10. The number of carbonyl (C=O) groups is 3. The fraction of sp³-hybridized carbons (Fsp3) is 0.318. The van der Waals surface area contributed by atoms with E-state index in [1.165, 1.54) is 0 Å². The van der Waals surface area contributed by atoms with Gasteiger partial charge in [-0.1, -0.05) is 36.4 Å². The van der Waals surface area contributed by atoms with Gasteiger partial charge in [0.15, 0.2) is 0 Å². The van der Waals surface area contributed by atoms with Crippen LogP contribution in [0.4, 0.5) is 9.59 Å². The maximum absolute atomic E-state index is 12.1. The molecule has 2 aromatic rings. The van der Waals surface area contributed by atoms with E-state index >= 15 is 0 Å². The van der Waals surface area contributed by atoms with E-state index in [2.05, 4.69) is 10.6 Å². The van der Waals surface area contributed by atoms with Gasteiger partial charge in [-0.25, -0.2) is 14.4 Å². The number of unbranched alkanes of at least 4 members (excludes halogenated alkanes) is 1. The lowest BCUT2D eigenvalue weighted by atomic mass is 10.1. The average molecular weight is 414 g/mol. The van der Waals surface area contributed by atoms with Crippen molar-refractivity contribution in [1.29, 1.82) is 0 Å². The Morgan fingerprint density at radius 2 is 1.40 bits per heavy atom. The summed E-state index contributed by atoms with van der Waals surface area (Å²) in [5, 5.41) is 5.18. The second kappa shape index (κ2) is 12.8. The molecule has 0 radical (unpaired) electrons. The third kappa shape index (κ3) is 8.64. The molecule has 2 aromatic carbocycles. The summed E-state index contributed by atoms with van der Waals surface area (Å²) in [5.41, 5.74) is 0. The topological polar surface area (TPSA) is 103 Å². The number of amides is 2. The lowest BCUT2D eigenvalue weighted by Gasteiger charge is -2.17. The van der Waals surface area contributed by atoms with Gasteiger partial charge in [0.1, 0.15) is 17.5 Å². The van der Waals surface area contributed by atoms with Crippen molar-refractivity contribution >= 4 is 18.2 Å². The van der Waals surface area contributed by atoms with Gasteiger partial charge in [0.05, 0.1) is 6.61 Å². The van der Waals surface area contributed by atoms with Crippen LogP contribution in [0.15, 0.2) is 60.7 Å². The van der Waals surface area contributed by atoms with E-state index in [4.69, 9.17) is 14.2 Å². The lowest BCUT2D eigenvalue weighted by Crippen LogP contribution is -2.43. The van der Waals surface area contributed by atoms with E-state index in [-0.39, 0.29) is 6.61 Å². The van der Waals surface area contributed by atoms with Crippen molar-refractivity contribution in [3.63, 3.8) is 0 Å². The number of hydrogen-bond acceptors (Lipinski definition) is 6. The fourth-order valence-electron chi connectivity index (χ4n) is 2.55. The van der Waals surface area contributed by atoms with Gasteiger partial charge in [0.2, 0.25) is 0 Å². The minimum Gasteiger partial charge on any atom is -0.464 e. The molecule has 0 saturated carbocycles. The van der Waals surface area contributed by atoms with Crippen molar-refractivity contribution in [2.24, 2.45) is 0 Å². The summed E-state index contributed by atoms with van der Waals surface area (Å²) in [6, 6.07) is 16.5. The Morgan fingerprint density at radius 3 is 1.97 bits per heavy atom. The number of ether oxygens (including phenoxy) is 3. The van der Waals surface area contributed by atoms with E-state index in [1.54, 1.807) is 61.5 Å². The van der Waals surface area contributed by atoms with Gasteiger partial charge in [0, 0.05) is 6.54 Å². The van der Waals surface area contributed by atoms with E-state index < -0.39 is 24.2 Å². The minimum atomic E-state index is -0.836. The summed E-state index contributed by atoms with van der Waals surface area (Å²) in [6.45, 7) is 2.27. The van der Waals surface area contributed by atoms with Crippen molar-refractivity contribution in [2.45, 2.75) is 32.2 Å². The molecular formula is C22H26N2O6. The molecule has 2 amide bonds. The first kappa shape index (κ1) is 22.7. The van der Waals surface area contributed by atoms with E-state index in [0.29, 0.717) is 37.3 Å². The number of esters is 1. The zero-order valence-corrected chi connectivity index (χ0v) is 16.8. The maximum Gasteiger partial charge on any atom is 0.413 e. The van der Waals surface area contributed by atoms with Gasteiger partial charge in [-0.3, -0.25) is 0 Å². The van der Waals surface area contributed by atoms with E-state index in [9.17, 15) is 14.4 Å². The molecule has 0 aromatic heterocycles. The van der Waals surface area contributed by atoms with Gasteiger partial charge in [-0.05, 0) is 50.5 Å². The molecule has 8 nitrogen and oxygen atoms in total. The Morgan fingerprint density at radius 1 is 0.833 bits per heavy atom. The SMILES string of the molecule is CCOC(=O)C(CCCCNC(=O)Oc1ccccc1)NC(=O)Oc1ccccc1. The molecular weight excluding hydrogens is 388 g/mol. The van der Waals surface area contributed by atoms with Crippen molar-refractivity contribution in [2.75, 3.05) is 13.2 Å². The molecule has 0 heterocycles. The first-order valence-corrected chi connectivity index (χ1v) is 9.79. The quantitative estimate of drug-likeness (QED) is 0.454. The molecule has 30 heavy (non-hydrogen) atoms. The lowest BCUT2D eigenvalue weighted by molar-refractivity contribution is -0.145. The molecule has 0 aliphatic heterocycles. The average Bonchev–Trinajstić information content (AvgIpc) is 2.74. The third-order valence-electron chi connectivity index (χ3n) is 3.96. The smallest absolute Gasteiger partial charge is 0.413 e. The van der Waals surface area contributed by atoms with E-state index in [1.807, 2.05) is 6.07 Å². The Kier molecular flexibility index (Phi) is 9.72. The second-order valence-electron chi connectivity index (χ2n) is 6.28. The standard InChI is InChI=1S/C22H26N2O6/c1-2-28-20(25)19(24-22(27)30-18-13-7-4-8-14-18)15-9-10-16-23-21(26)29-17-11-5-3-6-12-17/h3-8,11-14,19H,2,9-10,15-16H2,1H3,(H,23,26)(H,24,27). The summed E-state index contributed by atoms with van der Waals surface area (Å²) < 4.78 is 15.3. The molecule has 0 aliphatic rings. The molecule has 2 N–H and O–H groups in total. The molecule has 160 valence electrons. The van der Waals surface area contributed by atoms with Crippen molar-refractivity contribution in [3.05, 3.63) is 60.7 Å². The molecule has 0 bridgehead atoms. The fourth-order valence-corrected chi connectivity index (χ4v) is 2.55. The summed E-state index contributed by atoms with van der Waals surface area (Å²) in [5.74, 6) is 0.302. The largest absolute Gasteiger partial charge is 0.464 e. The van der Waals surface area contributed by atoms with Crippen LogP contribution in [-0.2, 0) is 9.53 Å². The van der Waals surface area contributed by atoms with Gasteiger partial charge in [-0.2, -0.15) is 0 Å². The summed E-state index contributed by atoms with van der Waals surface area (Å²) in [6.07, 6.45) is 0.227. The van der Waals surface area contributed by atoms with Crippen LogP contribution in [0.1, 0.15) is 26.2 Å². The van der Waals surface area contributed by atoms with Crippen LogP contribution in [0.3, 0.4) is 0 Å². The Balaban J connectivity index is 1.72. The van der Waals surface area contributed by atoms with Crippen LogP contribution in [0.5, 0.6) is 11.5 Å². The van der Waals surface area contributed by atoms with Gasteiger partial charge in [0.25, 0.3) is 0 Å². The number of para-hydroxylation sites is 2. The van der Waals surface area contributed by atoms with Gasteiger partial charge < -0.3 is 24.8 Å². The Bertz CT molecular complexity index is 798. The van der Waals surface area contributed by atoms with Gasteiger partial charge >= 0.3 is 18.2 Å². The Hall–Kier alpha value is -3.55. The summed E-state index contributed by atoms with van der Waals surface area (Å²) in [4.78, 5) is 35.9. The van der Waals surface area contributed by atoms with Crippen molar-refractivity contribution in [1.82, 2.24) is 10.6 Å². The zero-order chi connectivity index (χ0) is 21.6. The zero-order valence-electron chi connectivity index (χ0n) is 16.8. The third-order valence-corrected chi connectivity index (χ3v) is 3.96. The highest BCUT2D eigenvalue weighted by Gasteiger charge is 2.22. The molecule has 1 atom stereocenters. The molecule has 0 fully saturated rings. The monoisotopic (exact) mass is 414 g/mol. The van der Waals surface area contributed by atoms with Gasteiger partial charge in [-0.15, -0.1) is 0 Å². The van der Waals surface area contributed by atoms with Crippen LogP contribution < -0.4 is 20.1 Å². The van der Waals surface area contributed by atoms with Crippen molar-refractivity contribution < 1.29 is 28.6 Å². The maximum atomic E-state index is 12.1. The number of rotatable bonds is 10. The van der Waals surface area contributed by atoms with Crippen LogP contribution in [0.25, 0.3) is 0 Å². The van der Waals surface area contributed by atoms with Crippen LogP contribution in [0.2, 0.25) is 0 Å². The first-order valence-electron chi connectivity index (χ1n) is 9.79. The number of nitrogens with one attached hydrogen (secondary N) is 2. The second-order valence-corrected chi connectivity index (χ2v) is 6.28. The molecule has 1 unspecified atom stereocenters. The molecule has 0 spiro atoms. The highest BCUT2D eigenvalue weighted by molar-refractivity contribution is 5.82. The number of carbonyl (C=O) groups excluding carboxylic acids is 3. The Labute approximate surface area is 175 Å². The molecule has 8 heteroatoms. The van der Waals surface area contributed by atoms with E-state index in [0.717, 1.165) is 0 Å². The van der Waals surface area contributed by atoms with Crippen molar-refractivity contribution in [3.8, 4) is 11.5 Å². The van der Waals surface area contributed by atoms with Crippen LogP contribution in [-0.4, -0.2) is 37.3 Å². The predicted molar refractivity (Wildman–Crippen MR) is 110 cm³/mol. The van der Waals surface area contributed by atoms with Crippen LogP contribution in [0, 0.1) is 0 Å². The highest BCUT2D eigenvalue weighted by atomic mass is 16.6. The molecule has 2 rings (SSSR count). The normalized spacial score (nSPS) is 11.1. The number of hydrogen-bond donors (Lipinski definition) is 2. The first-order chi connectivity index (χ1) is 14.6. The van der Waals surface area contributed by atoms with Crippen LogP contribution >= 0.6 is 0 Å².